The Morgan fingerprint density at radius 1 is 1.29 bits per heavy atom. The van der Waals surface area contributed by atoms with Crippen molar-refractivity contribution in [2.24, 2.45) is 5.92 Å². The summed E-state index contributed by atoms with van der Waals surface area (Å²) >= 11 is 0. The molecule has 0 aliphatic heterocycles. The number of aromatic nitrogens is 1. The molecule has 0 radical (unpaired) electrons. The number of hydrogen-bond acceptors (Lipinski definition) is 2. The van der Waals surface area contributed by atoms with E-state index in [0.717, 1.165) is 0 Å². The Bertz CT molecular complexity index is 666. The van der Waals surface area contributed by atoms with Crippen LogP contribution >= 0.6 is 0 Å². The molecule has 0 spiro atoms. The second-order valence-corrected chi connectivity index (χ2v) is 5.27. The molecule has 1 aromatic heterocycles. The number of hydrogen-bond donors (Lipinski definition) is 1. The SMILES string of the molecule is C#Cc1cccnc1NC(=O)CC(C)C.c1cc2cc-2c1. The number of carbonyl (C=O) groups is 1. The number of anilines is 1. The van der Waals surface area contributed by atoms with Crippen molar-refractivity contribution in [2.45, 2.75) is 20.3 Å². The van der Waals surface area contributed by atoms with E-state index in [9.17, 15) is 4.79 Å². The minimum atomic E-state index is -0.0554. The van der Waals surface area contributed by atoms with Crippen molar-refractivity contribution >= 4 is 11.7 Å². The topological polar surface area (TPSA) is 42.0 Å². The van der Waals surface area contributed by atoms with E-state index in [-0.39, 0.29) is 5.91 Å². The molecular weight excluding hydrogens is 260 g/mol. The number of rotatable bonds is 3. The molecule has 0 fully saturated rings. The maximum Gasteiger partial charge on any atom is 0.225 e. The van der Waals surface area contributed by atoms with Gasteiger partial charge in [-0.1, -0.05) is 38.0 Å². The maximum absolute atomic E-state index is 11.5. The standard InChI is InChI=1S/C12H14N2O.C6H4/c1-4-10-6-5-7-13-12(10)14-11(15)8-9(2)3;1-2-5-4-6(5)3-1/h1,5-7,9H,8H2,2-3H3,(H,13,14,15);1-4H. The Hall–Kier alpha value is -2.60. The first-order valence-corrected chi connectivity index (χ1v) is 6.92. The molecule has 2 aliphatic rings. The van der Waals surface area contributed by atoms with Gasteiger partial charge in [0.1, 0.15) is 5.82 Å². The number of pyridine rings is 1. The number of terminal acetylenes is 1. The van der Waals surface area contributed by atoms with Crippen LogP contribution in [0.15, 0.2) is 42.6 Å². The number of nitrogens with zero attached hydrogens (tertiary/aromatic N) is 1. The predicted octanol–water partition coefficient (Wildman–Crippen LogP) is 3.71. The van der Waals surface area contributed by atoms with E-state index < -0.39 is 0 Å². The maximum atomic E-state index is 11.5. The molecule has 0 bridgehead atoms. The minimum Gasteiger partial charge on any atom is -0.310 e. The lowest BCUT2D eigenvalue weighted by atomic mass is 10.1. The van der Waals surface area contributed by atoms with Gasteiger partial charge in [-0.3, -0.25) is 4.79 Å². The molecule has 1 N–H and O–H groups in total. The Morgan fingerprint density at radius 2 is 2.00 bits per heavy atom. The Kier molecular flexibility index (Phi) is 4.73. The van der Waals surface area contributed by atoms with E-state index in [1.165, 1.54) is 11.1 Å². The van der Waals surface area contributed by atoms with Gasteiger partial charge in [0.25, 0.3) is 0 Å². The van der Waals surface area contributed by atoms with Crippen molar-refractivity contribution in [2.75, 3.05) is 5.32 Å². The number of nitrogens with one attached hydrogen (secondary N) is 1. The van der Waals surface area contributed by atoms with Crippen LogP contribution in [0.5, 0.6) is 0 Å². The molecule has 1 heterocycles. The van der Waals surface area contributed by atoms with Crippen LogP contribution in [0.25, 0.3) is 11.1 Å². The Labute approximate surface area is 125 Å². The van der Waals surface area contributed by atoms with E-state index in [4.69, 9.17) is 6.42 Å². The molecule has 0 unspecified atom stereocenters. The summed E-state index contributed by atoms with van der Waals surface area (Å²) in [6, 6.07) is 12.0. The van der Waals surface area contributed by atoms with Crippen LogP contribution in [0.4, 0.5) is 5.82 Å². The molecule has 21 heavy (non-hydrogen) atoms. The Balaban J connectivity index is 0.000000218. The first-order chi connectivity index (χ1) is 10.1. The highest BCUT2D eigenvalue weighted by molar-refractivity contribution is 5.91. The summed E-state index contributed by atoms with van der Waals surface area (Å²) in [7, 11) is 0. The molecule has 3 heteroatoms. The van der Waals surface area contributed by atoms with Crippen molar-refractivity contribution in [3.8, 4) is 23.5 Å². The quantitative estimate of drug-likeness (QED) is 0.742. The minimum absolute atomic E-state index is 0.0554. The van der Waals surface area contributed by atoms with Crippen LogP contribution in [0.3, 0.4) is 0 Å². The highest BCUT2D eigenvalue weighted by Crippen LogP contribution is 2.32. The zero-order valence-corrected chi connectivity index (χ0v) is 12.3. The van der Waals surface area contributed by atoms with Crippen LogP contribution < -0.4 is 5.32 Å². The van der Waals surface area contributed by atoms with Crippen LogP contribution in [-0.4, -0.2) is 10.9 Å². The lowest BCUT2D eigenvalue weighted by Gasteiger charge is -2.07. The molecule has 106 valence electrons. The molecule has 0 aromatic carbocycles. The van der Waals surface area contributed by atoms with Gasteiger partial charge in [0, 0.05) is 12.6 Å². The third-order valence-electron chi connectivity index (χ3n) is 2.93. The zero-order valence-electron chi connectivity index (χ0n) is 12.3. The molecule has 1 aromatic rings. The smallest absolute Gasteiger partial charge is 0.225 e. The van der Waals surface area contributed by atoms with Crippen molar-refractivity contribution in [1.29, 1.82) is 0 Å². The first kappa shape index (κ1) is 14.8. The van der Waals surface area contributed by atoms with Crippen molar-refractivity contribution < 1.29 is 4.79 Å². The van der Waals surface area contributed by atoms with Gasteiger partial charge in [-0.05, 0) is 35.2 Å². The van der Waals surface area contributed by atoms with Gasteiger partial charge in [0.2, 0.25) is 5.91 Å². The lowest BCUT2D eigenvalue weighted by molar-refractivity contribution is -0.116. The highest BCUT2D eigenvalue weighted by atomic mass is 16.1. The molecule has 0 atom stereocenters. The average molecular weight is 278 g/mol. The van der Waals surface area contributed by atoms with Gasteiger partial charge >= 0.3 is 0 Å². The normalized spacial score (nSPS) is 10.2. The van der Waals surface area contributed by atoms with E-state index in [0.29, 0.717) is 23.7 Å². The predicted molar refractivity (Wildman–Crippen MR) is 85.7 cm³/mol. The summed E-state index contributed by atoms with van der Waals surface area (Å²) in [5.74, 6) is 3.21. The second-order valence-electron chi connectivity index (χ2n) is 5.27. The summed E-state index contributed by atoms with van der Waals surface area (Å²) < 4.78 is 0. The summed E-state index contributed by atoms with van der Waals surface area (Å²) in [6.07, 6.45) is 7.36. The number of fused-ring (bicyclic) bond motifs is 1. The van der Waals surface area contributed by atoms with Crippen LogP contribution in [0.1, 0.15) is 25.8 Å². The van der Waals surface area contributed by atoms with Crippen LogP contribution in [0.2, 0.25) is 0 Å². The van der Waals surface area contributed by atoms with Gasteiger partial charge in [-0.2, -0.15) is 0 Å². The summed E-state index contributed by atoms with van der Waals surface area (Å²) in [5, 5.41) is 2.70. The number of amides is 1. The second kappa shape index (κ2) is 6.71. The van der Waals surface area contributed by atoms with Gasteiger partial charge < -0.3 is 5.32 Å². The molecule has 2 aliphatic carbocycles. The van der Waals surface area contributed by atoms with Crippen LogP contribution in [0, 0.1) is 18.3 Å². The van der Waals surface area contributed by atoms with Crippen LogP contribution in [-0.2, 0) is 4.79 Å². The molecule has 0 saturated heterocycles. The fraction of sp³-hybridized carbons (Fsp3) is 0.222. The number of benzene rings is 1. The van der Waals surface area contributed by atoms with Gasteiger partial charge in [-0.25, -0.2) is 4.98 Å². The van der Waals surface area contributed by atoms with E-state index >= 15 is 0 Å². The number of carbonyl (C=O) groups excluding carboxylic acids is 1. The molecule has 1 amide bonds. The fourth-order valence-corrected chi connectivity index (χ4v) is 1.85. The molecule has 0 saturated carbocycles. The largest absolute Gasteiger partial charge is 0.310 e. The van der Waals surface area contributed by atoms with E-state index in [1.807, 2.05) is 13.8 Å². The van der Waals surface area contributed by atoms with E-state index in [2.05, 4.69) is 40.5 Å². The van der Waals surface area contributed by atoms with Gasteiger partial charge in [0.15, 0.2) is 0 Å². The summed E-state index contributed by atoms with van der Waals surface area (Å²) in [6.45, 7) is 3.97. The molecule has 3 nitrogen and oxygen atoms in total. The third kappa shape index (κ3) is 4.47. The third-order valence-corrected chi connectivity index (χ3v) is 2.93. The highest BCUT2D eigenvalue weighted by Gasteiger charge is 2.08. The first-order valence-electron chi connectivity index (χ1n) is 6.92. The monoisotopic (exact) mass is 278 g/mol. The molecule has 3 rings (SSSR count). The molecular formula is C18H18N2O. The van der Waals surface area contributed by atoms with Crippen molar-refractivity contribution in [1.82, 2.24) is 4.98 Å². The average Bonchev–Trinajstić information content (AvgIpc) is 3.05. The fourth-order valence-electron chi connectivity index (χ4n) is 1.85. The van der Waals surface area contributed by atoms with E-state index in [1.54, 1.807) is 18.3 Å². The van der Waals surface area contributed by atoms with Gasteiger partial charge in [-0.15, -0.1) is 6.42 Å². The zero-order chi connectivity index (χ0) is 15.2. The van der Waals surface area contributed by atoms with Crippen molar-refractivity contribution in [3.05, 3.63) is 48.2 Å². The summed E-state index contributed by atoms with van der Waals surface area (Å²) in [5.41, 5.74) is 3.46. The van der Waals surface area contributed by atoms with Crippen molar-refractivity contribution in [3.63, 3.8) is 0 Å². The summed E-state index contributed by atoms with van der Waals surface area (Å²) in [4.78, 5) is 15.5. The van der Waals surface area contributed by atoms with Gasteiger partial charge in [0.05, 0.1) is 5.56 Å². The Morgan fingerprint density at radius 3 is 2.48 bits per heavy atom. The lowest BCUT2D eigenvalue weighted by Crippen LogP contribution is -2.15.